The van der Waals surface area contributed by atoms with E-state index in [1.54, 1.807) is 6.20 Å². The number of nitrogens with two attached hydrogens (primary N) is 1. The van der Waals surface area contributed by atoms with Gasteiger partial charge in [-0.3, -0.25) is 5.43 Å². The van der Waals surface area contributed by atoms with Crippen LogP contribution in [0.1, 0.15) is 12.6 Å². The number of nitrogens with zero attached hydrogens (tertiary/aromatic N) is 2. The van der Waals surface area contributed by atoms with Crippen molar-refractivity contribution in [2.24, 2.45) is 5.84 Å². The molecule has 0 atom stereocenters. The molecule has 0 bridgehead atoms. The zero-order valence-corrected chi connectivity index (χ0v) is 5.83. The summed E-state index contributed by atoms with van der Waals surface area (Å²) in [5.41, 5.74) is 3.37. The first-order valence-corrected chi connectivity index (χ1v) is 3.15. The molecule has 0 fully saturated rings. The first kappa shape index (κ1) is 6.95. The number of anilines is 1. The third-order valence-electron chi connectivity index (χ3n) is 1.20. The number of hydrazine groups is 1. The Morgan fingerprint density at radius 2 is 2.50 bits per heavy atom. The number of aryl methyl sites for hydroxylation is 1. The molecule has 1 aromatic rings. The van der Waals surface area contributed by atoms with Crippen LogP contribution in [0.4, 0.5) is 5.95 Å². The lowest BCUT2D eigenvalue weighted by Gasteiger charge is -1.98. The first-order chi connectivity index (χ1) is 4.86. The van der Waals surface area contributed by atoms with Crippen LogP contribution in [0.3, 0.4) is 0 Å². The fourth-order valence-electron chi connectivity index (χ4n) is 0.663. The SMILES string of the molecule is CCc1ccnc(NN)n1. The van der Waals surface area contributed by atoms with Crippen LogP contribution in [0.5, 0.6) is 0 Å². The number of rotatable bonds is 2. The zero-order valence-electron chi connectivity index (χ0n) is 5.83. The average molecular weight is 138 g/mol. The minimum absolute atomic E-state index is 0.472. The highest BCUT2D eigenvalue weighted by Crippen LogP contribution is 1.97. The molecule has 3 N–H and O–H groups in total. The first-order valence-electron chi connectivity index (χ1n) is 3.15. The van der Waals surface area contributed by atoms with E-state index in [4.69, 9.17) is 5.84 Å². The zero-order chi connectivity index (χ0) is 7.40. The van der Waals surface area contributed by atoms with Crippen molar-refractivity contribution in [2.75, 3.05) is 5.43 Å². The van der Waals surface area contributed by atoms with Gasteiger partial charge in [0.1, 0.15) is 0 Å². The molecule has 1 rings (SSSR count). The lowest BCUT2D eigenvalue weighted by atomic mass is 10.3. The monoisotopic (exact) mass is 138 g/mol. The molecule has 0 aromatic carbocycles. The second kappa shape index (κ2) is 3.12. The van der Waals surface area contributed by atoms with E-state index in [2.05, 4.69) is 15.4 Å². The molecule has 0 aliphatic heterocycles. The lowest BCUT2D eigenvalue weighted by Crippen LogP contribution is -2.10. The number of hydrogen-bond acceptors (Lipinski definition) is 4. The molecule has 10 heavy (non-hydrogen) atoms. The molecule has 1 heterocycles. The number of aromatic nitrogens is 2. The molecule has 0 saturated heterocycles. The van der Waals surface area contributed by atoms with E-state index in [-0.39, 0.29) is 0 Å². The van der Waals surface area contributed by atoms with Crippen LogP contribution in [0.25, 0.3) is 0 Å². The second-order valence-corrected chi connectivity index (χ2v) is 1.87. The Bertz CT molecular complexity index is 191. The van der Waals surface area contributed by atoms with Crippen LogP contribution in [-0.4, -0.2) is 9.97 Å². The highest BCUT2D eigenvalue weighted by Gasteiger charge is 1.92. The summed E-state index contributed by atoms with van der Waals surface area (Å²) in [7, 11) is 0. The Labute approximate surface area is 59.5 Å². The third-order valence-corrected chi connectivity index (χ3v) is 1.20. The Kier molecular flexibility index (Phi) is 2.17. The molecule has 0 aliphatic rings. The van der Waals surface area contributed by atoms with E-state index in [0.29, 0.717) is 5.95 Å². The van der Waals surface area contributed by atoms with Crippen molar-refractivity contribution < 1.29 is 0 Å². The van der Waals surface area contributed by atoms with Crippen molar-refractivity contribution in [1.29, 1.82) is 0 Å². The second-order valence-electron chi connectivity index (χ2n) is 1.87. The van der Waals surface area contributed by atoms with Crippen molar-refractivity contribution in [2.45, 2.75) is 13.3 Å². The maximum atomic E-state index is 5.10. The highest BCUT2D eigenvalue weighted by molar-refractivity contribution is 5.22. The van der Waals surface area contributed by atoms with Crippen LogP contribution in [0, 0.1) is 0 Å². The fraction of sp³-hybridized carbons (Fsp3) is 0.333. The van der Waals surface area contributed by atoms with E-state index < -0.39 is 0 Å². The van der Waals surface area contributed by atoms with Crippen LogP contribution in [-0.2, 0) is 6.42 Å². The van der Waals surface area contributed by atoms with E-state index in [1.165, 1.54) is 0 Å². The molecule has 0 unspecified atom stereocenters. The van der Waals surface area contributed by atoms with Crippen molar-refractivity contribution in [3.63, 3.8) is 0 Å². The summed E-state index contributed by atoms with van der Waals surface area (Å²) >= 11 is 0. The van der Waals surface area contributed by atoms with Gasteiger partial charge in [-0.25, -0.2) is 15.8 Å². The molecular formula is C6H10N4. The minimum Gasteiger partial charge on any atom is -0.292 e. The number of hydrogen-bond donors (Lipinski definition) is 2. The molecule has 4 nitrogen and oxygen atoms in total. The van der Waals surface area contributed by atoms with Crippen molar-refractivity contribution >= 4 is 5.95 Å². The topological polar surface area (TPSA) is 63.8 Å². The van der Waals surface area contributed by atoms with Gasteiger partial charge in [-0.2, -0.15) is 0 Å². The predicted octanol–water partition coefficient (Wildman–Crippen LogP) is 0.325. The van der Waals surface area contributed by atoms with Gasteiger partial charge >= 0.3 is 0 Å². The quantitative estimate of drug-likeness (QED) is 0.456. The fourth-order valence-corrected chi connectivity index (χ4v) is 0.663. The molecule has 0 saturated carbocycles. The summed E-state index contributed by atoms with van der Waals surface area (Å²) < 4.78 is 0. The molecule has 0 radical (unpaired) electrons. The van der Waals surface area contributed by atoms with Crippen molar-refractivity contribution in [3.8, 4) is 0 Å². The highest BCUT2D eigenvalue weighted by atomic mass is 15.3. The van der Waals surface area contributed by atoms with Crippen molar-refractivity contribution in [3.05, 3.63) is 18.0 Å². The molecule has 54 valence electrons. The molecule has 0 amide bonds. The largest absolute Gasteiger partial charge is 0.292 e. The smallest absolute Gasteiger partial charge is 0.237 e. The van der Waals surface area contributed by atoms with E-state index in [0.717, 1.165) is 12.1 Å². The van der Waals surface area contributed by atoms with Gasteiger partial charge in [0.15, 0.2) is 0 Å². The van der Waals surface area contributed by atoms with E-state index in [9.17, 15) is 0 Å². The van der Waals surface area contributed by atoms with Gasteiger partial charge < -0.3 is 0 Å². The molecular weight excluding hydrogens is 128 g/mol. The van der Waals surface area contributed by atoms with E-state index in [1.807, 2.05) is 13.0 Å². The normalized spacial score (nSPS) is 9.40. The van der Waals surface area contributed by atoms with Gasteiger partial charge in [0, 0.05) is 11.9 Å². The molecule has 0 aliphatic carbocycles. The van der Waals surface area contributed by atoms with Gasteiger partial charge in [0.2, 0.25) is 5.95 Å². The maximum absolute atomic E-state index is 5.10. The van der Waals surface area contributed by atoms with Crippen LogP contribution >= 0.6 is 0 Å². The van der Waals surface area contributed by atoms with Crippen LogP contribution in [0.2, 0.25) is 0 Å². The standard InChI is InChI=1S/C6H10N4/c1-2-5-3-4-8-6(9-5)10-7/h3-4H,2,7H2,1H3,(H,8,9,10). The van der Waals surface area contributed by atoms with Crippen LogP contribution < -0.4 is 11.3 Å². The van der Waals surface area contributed by atoms with E-state index >= 15 is 0 Å². The number of nitrogens with one attached hydrogen (secondary N) is 1. The summed E-state index contributed by atoms with van der Waals surface area (Å²) in [5.74, 6) is 5.57. The summed E-state index contributed by atoms with van der Waals surface area (Å²) in [6.07, 6.45) is 2.58. The van der Waals surface area contributed by atoms with Gasteiger partial charge in [0.25, 0.3) is 0 Å². The van der Waals surface area contributed by atoms with Gasteiger partial charge in [-0.15, -0.1) is 0 Å². The summed E-state index contributed by atoms with van der Waals surface area (Å²) in [6.45, 7) is 2.03. The lowest BCUT2D eigenvalue weighted by molar-refractivity contribution is 0.991. The average Bonchev–Trinajstić information content (AvgIpc) is 2.05. The Morgan fingerprint density at radius 1 is 1.70 bits per heavy atom. The molecule has 4 heteroatoms. The van der Waals surface area contributed by atoms with Gasteiger partial charge in [0.05, 0.1) is 0 Å². The maximum Gasteiger partial charge on any atom is 0.237 e. The molecule has 0 spiro atoms. The Morgan fingerprint density at radius 3 is 3.10 bits per heavy atom. The Hall–Kier alpha value is -1.16. The molecule has 1 aromatic heterocycles. The summed E-state index contributed by atoms with van der Waals surface area (Å²) in [6, 6.07) is 1.86. The third kappa shape index (κ3) is 1.41. The van der Waals surface area contributed by atoms with Crippen LogP contribution in [0.15, 0.2) is 12.3 Å². The predicted molar refractivity (Wildman–Crippen MR) is 39.2 cm³/mol. The minimum atomic E-state index is 0.472. The van der Waals surface area contributed by atoms with Gasteiger partial charge in [-0.1, -0.05) is 6.92 Å². The Balaban J connectivity index is 2.87. The van der Waals surface area contributed by atoms with Gasteiger partial charge in [-0.05, 0) is 12.5 Å². The number of nitrogen functional groups attached to an aromatic ring is 1. The summed E-state index contributed by atoms with van der Waals surface area (Å²) in [5, 5.41) is 0. The van der Waals surface area contributed by atoms with Crippen molar-refractivity contribution in [1.82, 2.24) is 9.97 Å². The summed E-state index contributed by atoms with van der Waals surface area (Å²) in [4.78, 5) is 7.92.